The van der Waals surface area contributed by atoms with E-state index in [1.807, 2.05) is 19.1 Å². The van der Waals surface area contributed by atoms with Gasteiger partial charge >= 0.3 is 0 Å². The maximum atomic E-state index is 6.16. The molecule has 0 bridgehead atoms. The van der Waals surface area contributed by atoms with Gasteiger partial charge in [-0.3, -0.25) is 0 Å². The maximum absolute atomic E-state index is 6.16. The average Bonchev–Trinajstić information content (AvgIpc) is 2.88. The van der Waals surface area contributed by atoms with E-state index in [1.165, 1.54) is 6.33 Å². The van der Waals surface area contributed by atoms with E-state index in [-0.39, 0.29) is 0 Å². The molecular weight excluding hydrogens is 297 g/mol. The van der Waals surface area contributed by atoms with E-state index in [9.17, 15) is 0 Å². The van der Waals surface area contributed by atoms with Gasteiger partial charge in [0.1, 0.15) is 17.7 Å². The molecule has 0 aliphatic rings. The molecule has 0 atom stereocenters. The standard InChI is InChI=1S/C13H11Cl2N5/c1-2-9-19-11-12(16-6-17-13(11)20-9)18-8-5-3-4-7(14)10(8)15/h3-6H,2H2,1H3,(H2,16,17,18,19,20). The molecule has 2 N–H and O–H groups in total. The van der Waals surface area contributed by atoms with Gasteiger partial charge in [-0.05, 0) is 12.1 Å². The van der Waals surface area contributed by atoms with Crippen molar-refractivity contribution in [1.29, 1.82) is 0 Å². The Balaban J connectivity index is 2.06. The van der Waals surface area contributed by atoms with E-state index >= 15 is 0 Å². The normalized spacial score (nSPS) is 10.9. The van der Waals surface area contributed by atoms with Gasteiger partial charge in [0.05, 0.1) is 15.7 Å². The molecule has 0 saturated heterocycles. The Bertz CT molecular complexity index is 769. The Labute approximate surface area is 125 Å². The van der Waals surface area contributed by atoms with Gasteiger partial charge in [-0.15, -0.1) is 0 Å². The second-order valence-electron chi connectivity index (χ2n) is 4.18. The molecule has 3 rings (SSSR count). The molecule has 2 heterocycles. The fraction of sp³-hybridized carbons (Fsp3) is 0.154. The van der Waals surface area contributed by atoms with Gasteiger partial charge in [0.25, 0.3) is 0 Å². The first-order valence-corrected chi connectivity index (χ1v) is 6.85. The zero-order valence-corrected chi connectivity index (χ0v) is 12.1. The summed E-state index contributed by atoms with van der Waals surface area (Å²) < 4.78 is 0. The molecule has 1 aromatic carbocycles. The summed E-state index contributed by atoms with van der Waals surface area (Å²) in [7, 11) is 0. The Kier molecular flexibility index (Phi) is 3.46. The lowest BCUT2D eigenvalue weighted by molar-refractivity contribution is 0.997. The topological polar surface area (TPSA) is 66.5 Å². The third-order valence-corrected chi connectivity index (χ3v) is 3.70. The smallest absolute Gasteiger partial charge is 0.183 e. The molecule has 0 saturated carbocycles. The van der Waals surface area contributed by atoms with E-state index in [1.54, 1.807) is 6.07 Å². The van der Waals surface area contributed by atoms with Crippen LogP contribution in [0, 0.1) is 0 Å². The second kappa shape index (κ2) is 5.26. The van der Waals surface area contributed by atoms with Crippen molar-refractivity contribution in [3.8, 4) is 0 Å². The Morgan fingerprint density at radius 2 is 2.10 bits per heavy atom. The zero-order valence-electron chi connectivity index (χ0n) is 10.6. The molecule has 0 aliphatic heterocycles. The van der Waals surface area contributed by atoms with Crippen LogP contribution < -0.4 is 5.32 Å². The number of rotatable bonds is 3. The van der Waals surface area contributed by atoms with E-state index in [4.69, 9.17) is 23.2 Å². The summed E-state index contributed by atoms with van der Waals surface area (Å²) in [6, 6.07) is 5.38. The highest BCUT2D eigenvalue weighted by atomic mass is 35.5. The molecule has 0 unspecified atom stereocenters. The van der Waals surface area contributed by atoms with Crippen LogP contribution in [0.3, 0.4) is 0 Å². The number of nitrogens with one attached hydrogen (secondary N) is 2. The Hall–Kier alpha value is -1.85. The lowest BCUT2D eigenvalue weighted by Crippen LogP contribution is -1.96. The molecule has 7 heteroatoms. The summed E-state index contributed by atoms with van der Waals surface area (Å²) in [6.45, 7) is 2.02. The molecule has 20 heavy (non-hydrogen) atoms. The van der Waals surface area contributed by atoms with Crippen LogP contribution in [0.4, 0.5) is 11.5 Å². The number of aryl methyl sites for hydroxylation is 1. The fourth-order valence-corrected chi connectivity index (χ4v) is 2.21. The van der Waals surface area contributed by atoms with Crippen LogP contribution in [-0.4, -0.2) is 19.9 Å². The first-order chi connectivity index (χ1) is 9.69. The van der Waals surface area contributed by atoms with Crippen molar-refractivity contribution in [2.24, 2.45) is 0 Å². The molecule has 0 aliphatic carbocycles. The number of H-pyrrole nitrogens is 1. The van der Waals surface area contributed by atoms with Crippen molar-refractivity contribution in [2.45, 2.75) is 13.3 Å². The van der Waals surface area contributed by atoms with Crippen LogP contribution in [0.5, 0.6) is 0 Å². The molecule has 3 aromatic rings. The number of hydrogen-bond donors (Lipinski definition) is 2. The van der Waals surface area contributed by atoms with Gasteiger partial charge in [-0.2, -0.15) is 0 Å². The molecule has 0 spiro atoms. The minimum Gasteiger partial charge on any atom is -0.338 e. The van der Waals surface area contributed by atoms with Crippen LogP contribution in [0.25, 0.3) is 11.2 Å². The van der Waals surface area contributed by atoms with E-state index in [0.717, 1.165) is 17.8 Å². The third-order valence-electron chi connectivity index (χ3n) is 2.88. The van der Waals surface area contributed by atoms with Crippen molar-refractivity contribution < 1.29 is 0 Å². The monoisotopic (exact) mass is 307 g/mol. The molecular formula is C13H11Cl2N5. The van der Waals surface area contributed by atoms with Gasteiger partial charge in [0.2, 0.25) is 0 Å². The second-order valence-corrected chi connectivity index (χ2v) is 4.97. The number of anilines is 2. The van der Waals surface area contributed by atoms with Crippen molar-refractivity contribution in [1.82, 2.24) is 19.9 Å². The predicted octanol–water partition coefficient (Wildman–Crippen LogP) is 3.97. The summed E-state index contributed by atoms with van der Waals surface area (Å²) in [5.74, 6) is 1.48. The average molecular weight is 308 g/mol. The lowest BCUT2D eigenvalue weighted by Gasteiger charge is -2.08. The number of hydrogen-bond acceptors (Lipinski definition) is 4. The number of aromatic nitrogens is 4. The van der Waals surface area contributed by atoms with Crippen LogP contribution >= 0.6 is 23.2 Å². The summed E-state index contributed by atoms with van der Waals surface area (Å²) in [6.07, 6.45) is 2.26. The van der Waals surface area contributed by atoms with Crippen molar-refractivity contribution in [3.05, 3.63) is 40.4 Å². The highest BCUT2D eigenvalue weighted by Gasteiger charge is 2.11. The number of halogens is 2. The van der Waals surface area contributed by atoms with Crippen LogP contribution in [0.15, 0.2) is 24.5 Å². The Morgan fingerprint density at radius 1 is 1.25 bits per heavy atom. The number of aromatic amines is 1. The van der Waals surface area contributed by atoms with Gasteiger partial charge in [0.15, 0.2) is 11.5 Å². The highest BCUT2D eigenvalue weighted by Crippen LogP contribution is 2.32. The van der Waals surface area contributed by atoms with Crippen molar-refractivity contribution in [2.75, 3.05) is 5.32 Å². The molecule has 0 fully saturated rings. The molecule has 102 valence electrons. The number of fused-ring (bicyclic) bond motifs is 1. The van der Waals surface area contributed by atoms with Crippen LogP contribution in [0.1, 0.15) is 12.7 Å². The predicted molar refractivity (Wildman–Crippen MR) is 80.8 cm³/mol. The quantitative estimate of drug-likeness (QED) is 0.768. The fourth-order valence-electron chi connectivity index (χ4n) is 1.87. The molecule has 5 nitrogen and oxygen atoms in total. The first-order valence-electron chi connectivity index (χ1n) is 6.09. The van der Waals surface area contributed by atoms with Gasteiger partial charge < -0.3 is 10.3 Å². The summed E-state index contributed by atoms with van der Waals surface area (Å²) in [5.41, 5.74) is 2.06. The lowest BCUT2D eigenvalue weighted by atomic mass is 10.3. The first kappa shape index (κ1) is 13.1. The highest BCUT2D eigenvalue weighted by molar-refractivity contribution is 6.43. The molecule has 0 amide bonds. The summed E-state index contributed by atoms with van der Waals surface area (Å²) in [4.78, 5) is 15.9. The number of nitrogens with zero attached hydrogens (tertiary/aromatic N) is 3. The molecule has 0 radical (unpaired) electrons. The summed E-state index contributed by atoms with van der Waals surface area (Å²) >= 11 is 12.2. The third kappa shape index (κ3) is 2.30. The van der Waals surface area contributed by atoms with Crippen LogP contribution in [0.2, 0.25) is 10.0 Å². The van der Waals surface area contributed by atoms with E-state index < -0.39 is 0 Å². The van der Waals surface area contributed by atoms with Gasteiger partial charge in [0, 0.05) is 6.42 Å². The summed E-state index contributed by atoms with van der Waals surface area (Å²) in [5, 5.41) is 4.10. The SMILES string of the molecule is CCc1nc2ncnc(Nc3cccc(Cl)c3Cl)c2[nH]1. The van der Waals surface area contributed by atoms with E-state index in [0.29, 0.717) is 27.2 Å². The maximum Gasteiger partial charge on any atom is 0.183 e. The largest absolute Gasteiger partial charge is 0.338 e. The zero-order chi connectivity index (χ0) is 14.1. The minimum absolute atomic E-state index is 0.455. The van der Waals surface area contributed by atoms with Crippen molar-refractivity contribution >= 4 is 45.9 Å². The molecule has 2 aromatic heterocycles. The van der Waals surface area contributed by atoms with E-state index in [2.05, 4.69) is 25.3 Å². The number of benzene rings is 1. The van der Waals surface area contributed by atoms with Gasteiger partial charge in [-0.1, -0.05) is 36.2 Å². The van der Waals surface area contributed by atoms with Gasteiger partial charge in [-0.25, -0.2) is 15.0 Å². The number of imidazole rings is 1. The van der Waals surface area contributed by atoms with Crippen molar-refractivity contribution in [3.63, 3.8) is 0 Å². The Morgan fingerprint density at radius 3 is 2.90 bits per heavy atom. The minimum atomic E-state index is 0.455. The van der Waals surface area contributed by atoms with Crippen LogP contribution in [-0.2, 0) is 6.42 Å².